The van der Waals surface area contributed by atoms with Crippen LogP contribution in [0, 0.1) is 13.8 Å². The first kappa shape index (κ1) is 15.2. The van der Waals surface area contributed by atoms with Crippen molar-refractivity contribution in [1.29, 1.82) is 0 Å². The lowest BCUT2D eigenvalue weighted by Crippen LogP contribution is -2.25. The maximum Gasteiger partial charge on any atom is 0.124 e. The van der Waals surface area contributed by atoms with Crippen molar-refractivity contribution >= 4 is 0 Å². The Bertz CT molecular complexity index is 614. The van der Waals surface area contributed by atoms with E-state index in [1.54, 1.807) is 11.9 Å². The van der Waals surface area contributed by atoms with E-state index in [4.69, 9.17) is 4.74 Å². The van der Waals surface area contributed by atoms with Crippen LogP contribution in [0.2, 0.25) is 0 Å². The average Bonchev–Trinajstić information content (AvgIpc) is 3.20. The van der Waals surface area contributed by atoms with E-state index in [2.05, 4.69) is 32.0 Å². The molecule has 7 heteroatoms. The van der Waals surface area contributed by atoms with Gasteiger partial charge in [-0.25, -0.2) is 4.98 Å². The van der Waals surface area contributed by atoms with Crippen LogP contribution in [-0.4, -0.2) is 49.6 Å². The molecule has 0 bridgehead atoms. The molecule has 2 atom stereocenters. The minimum Gasteiger partial charge on any atom is -0.380 e. The molecular weight excluding hydrogens is 280 g/mol. The summed E-state index contributed by atoms with van der Waals surface area (Å²) in [5.74, 6) is 1.03. The van der Waals surface area contributed by atoms with Gasteiger partial charge in [-0.05, 0) is 27.2 Å². The first-order valence-corrected chi connectivity index (χ1v) is 7.79. The Hall–Kier alpha value is -1.73. The lowest BCUT2D eigenvalue weighted by molar-refractivity contribution is 0.107. The van der Waals surface area contributed by atoms with E-state index in [0.29, 0.717) is 0 Å². The molecular formula is C15H24N6O. The van der Waals surface area contributed by atoms with Crippen molar-refractivity contribution in [2.24, 2.45) is 0 Å². The molecule has 0 aliphatic carbocycles. The quantitative estimate of drug-likeness (QED) is 0.908. The molecule has 0 amide bonds. The number of aromatic nitrogens is 5. The fraction of sp³-hybridized carbons (Fsp3) is 0.667. The number of ether oxygens (including phenoxy) is 1. The topological polar surface area (TPSA) is 71.9 Å². The molecule has 1 saturated heterocycles. The van der Waals surface area contributed by atoms with Crippen molar-refractivity contribution in [3.63, 3.8) is 0 Å². The number of nitrogens with zero attached hydrogens (tertiary/aromatic N) is 5. The number of imidazole rings is 1. The zero-order chi connectivity index (χ0) is 15.7. The van der Waals surface area contributed by atoms with Crippen LogP contribution in [0.1, 0.15) is 42.3 Å². The molecule has 0 unspecified atom stereocenters. The van der Waals surface area contributed by atoms with Crippen LogP contribution in [-0.2, 0) is 17.8 Å². The van der Waals surface area contributed by atoms with Gasteiger partial charge in [0.05, 0.1) is 36.3 Å². The van der Waals surface area contributed by atoms with Crippen LogP contribution in [0.4, 0.5) is 0 Å². The summed E-state index contributed by atoms with van der Waals surface area (Å²) in [6.45, 7) is 8.59. The van der Waals surface area contributed by atoms with E-state index in [0.717, 1.165) is 49.0 Å². The molecule has 0 radical (unpaired) electrons. The van der Waals surface area contributed by atoms with E-state index in [9.17, 15) is 0 Å². The predicted molar refractivity (Wildman–Crippen MR) is 82.3 cm³/mol. The number of hydrogen-bond acceptors (Lipinski definition) is 5. The summed E-state index contributed by atoms with van der Waals surface area (Å²) in [6.07, 6.45) is 3.03. The first-order chi connectivity index (χ1) is 10.6. The van der Waals surface area contributed by atoms with Crippen LogP contribution in [0.3, 0.4) is 0 Å². The van der Waals surface area contributed by atoms with E-state index >= 15 is 0 Å². The number of hydrogen-bond donors (Lipinski definition) is 1. The van der Waals surface area contributed by atoms with Gasteiger partial charge in [-0.2, -0.15) is 15.0 Å². The van der Waals surface area contributed by atoms with Gasteiger partial charge in [0.25, 0.3) is 0 Å². The SMILES string of the molecule is CCn1ncc(CN2C[C@H](OC)C[C@H]2c2nc(C)c(C)[nH]2)n1. The van der Waals surface area contributed by atoms with Gasteiger partial charge in [0.15, 0.2) is 0 Å². The molecule has 22 heavy (non-hydrogen) atoms. The fourth-order valence-electron chi connectivity index (χ4n) is 2.99. The largest absolute Gasteiger partial charge is 0.380 e. The Balaban J connectivity index is 1.79. The van der Waals surface area contributed by atoms with Crippen LogP contribution in [0.15, 0.2) is 6.20 Å². The van der Waals surface area contributed by atoms with Gasteiger partial charge < -0.3 is 9.72 Å². The molecule has 3 heterocycles. The Morgan fingerprint density at radius 3 is 2.82 bits per heavy atom. The van der Waals surface area contributed by atoms with Crippen LogP contribution < -0.4 is 0 Å². The van der Waals surface area contributed by atoms with E-state index in [-0.39, 0.29) is 12.1 Å². The standard InChI is InChI=1S/C15H24N6O/c1-5-21-16-7-12(19-21)8-20-9-13(22-4)6-14(20)15-17-10(2)11(3)18-15/h7,13-14H,5-6,8-9H2,1-4H3,(H,17,18)/t13-,14+/m1/s1. The fourth-order valence-corrected chi connectivity index (χ4v) is 2.99. The van der Waals surface area contributed by atoms with Crippen molar-refractivity contribution in [2.45, 2.75) is 52.4 Å². The van der Waals surface area contributed by atoms with Gasteiger partial charge in [0.2, 0.25) is 0 Å². The smallest absolute Gasteiger partial charge is 0.124 e. The number of methoxy groups -OCH3 is 1. The van der Waals surface area contributed by atoms with Gasteiger partial charge >= 0.3 is 0 Å². The number of H-pyrrole nitrogens is 1. The average molecular weight is 304 g/mol. The lowest BCUT2D eigenvalue weighted by atomic mass is 10.2. The Kier molecular flexibility index (Phi) is 4.26. The van der Waals surface area contributed by atoms with Gasteiger partial charge in [-0.15, -0.1) is 0 Å². The first-order valence-electron chi connectivity index (χ1n) is 7.79. The minimum atomic E-state index is 0.233. The maximum atomic E-state index is 5.57. The highest BCUT2D eigenvalue weighted by atomic mass is 16.5. The third-order valence-electron chi connectivity index (χ3n) is 4.39. The van der Waals surface area contributed by atoms with Crippen LogP contribution >= 0.6 is 0 Å². The second kappa shape index (κ2) is 6.18. The zero-order valence-electron chi connectivity index (χ0n) is 13.7. The highest BCUT2D eigenvalue weighted by Crippen LogP contribution is 2.33. The van der Waals surface area contributed by atoms with Crippen molar-refractivity contribution in [3.05, 3.63) is 29.1 Å². The Labute approximate surface area is 130 Å². The molecule has 120 valence electrons. The molecule has 1 N–H and O–H groups in total. The summed E-state index contributed by atoms with van der Waals surface area (Å²) in [5.41, 5.74) is 3.18. The predicted octanol–water partition coefficient (Wildman–Crippen LogP) is 1.60. The van der Waals surface area contributed by atoms with Crippen molar-refractivity contribution in [2.75, 3.05) is 13.7 Å². The lowest BCUT2D eigenvalue weighted by Gasteiger charge is -2.21. The minimum absolute atomic E-state index is 0.233. The number of aryl methyl sites for hydroxylation is 3. The molecule has 3 rings (SSSR count). The van der Waals surface area contributed by atoms with E-state index in [1.807, 2.05) is 20.0 Å². The molecule has 0 spiro atoms. The number of rotatable bonds is 5. The van der Waals surface area contributed by atoms with Crippen LogP contribution in [0.25, 0.3) is 0 Å². The molecule has 0 saturated carbocycles. The highest BCUT2D eigenvalue weighted by molar-refractivity contribution is 5.15. The van der Waals surface area contributed by atoms with Gasteiger partial charge in [-0.3, -0.25) is 4.90 Å². The Morgan fingerprint density at radius 1 is 1.41 bits per heavy atom. The summed E-state index contributed by atoms with van der Waals surface area (Å²) < 4.78 is 5.57. The van der Waals surface area contributed by atoms with Gasteiger partial charge in [0.1, 0.15) is 5.82 Å². The summed E-state index contributed by atoms with van der Waals surface area (Å²) in [5, 5.41) is 8.74. The second-order valence-corrected chi connectivity index (χ2v) is 5.90. The maximum absolute atomic E-state index is 5.57. The number of likely N-dealkylation sites (tertiary alicyclic amines) is 1. The van der Waals surface area contributed by atoms with Gasteiger partial charge in [0, 0.05) is 25.9 Å². The molecule has 2 aromatic rings. The molecule has 1 aliphatic rings. The third-order valence-corrected chi connectivity index (χ3v) is 4.39. The molecule has 7 nitrogen and oxygen atoms in total. The molecule has 2 aromatic heterocycles. The Morgan fingerprint density at radius 2 is 2.23 bits per heavy atom. The van der Waals surface area contributed by atoms with Crippen molar-refractivity contribution in [3.8, 4) is 0 Å². The normalized spacial score (nSPS) is 22.5. The second-order valence-electron chi connectivity index (χ2n) is 5.90. The number of aromatic amines is 1. The van der Waals surface area contributed by atoms with Gasteiger partial charge in [-0.1, -0.05) is 0 Å². The molecule has 1 aliphatic heterocycles. The van der Waals surface area contributed by atoms with E-state index in [1.165, 1.54) is 0 Å². The number of nitrogens with one attached hydrogen (secondary N) is 1. The summed E-state index contributed by atoms with van der Waals surface area (Å²) in [4.78, 5) is 12.2. The van der Waals surface area contributed by atoms with Crippen LogP contribution in [0.5, 0.6) is 0 Å². The summed E-state index contributed by atoms with van der Waals surface area (Å²) in [7, 11) is 1.78. The zero-order valence-corrected chi connectivity index (χ0v) is 13.7. The summed E-state index contributed by atoms with van der Waals surface area (Å²) in [6, 6.07) is 0.240. The summed E-state index contributed by atoms with van der Waals surface area (Å²) >= 11 is 0. The van der Waals surface area contributed by atoms with Crippen molar-refractivity contribution < 1.29 is 4.74 Å². The monoisotopic (exact) mass is 304 g/mol. The van der Waals surface area contributed by atoms with E-state index < -0.39 is 0 Å². The molecule has 0 aromatic carbocycles. The van der Waals surface area contributed by atoms with Crippen molar-refractivity contribution in [1.82, 2.24) is 29.9 Å². The molecule has 1 fully saturated rings. The highest BCUT2D eigenvalue weighted by Gasteiger charge is 2.35. The third kappa shape index (κ3) is 2.91.